The van der Waals surface area contributed by atoms with Gasteiger partial charge in [-0.25, -0.2) is 0 Å². The van der Waals surface area contributed by atoms with Gasteiger partial charge in [0.25, 0.3) is 0 Å². The van der Waals surface area contributed by atoms with Crippen LogP contribution in [0.2, 0.25) is 0 Å². The lowest BCUT2D eigenvalue weighted by atomic mass is 9.96. The number of rotatable bonds is 27. The van der Waals surface area contributed by atoms with Crippen LogP contribution >= 0.6 is 0 Å². The van der Waals surface area contributed by atoms with Crippen LogP contribution in [-0.4, -0.2) is 290 Å². The molecular weight excluding hydrogens is 948 g/mol. The average Bonchev–Trinajstić information content (AvgIpc) is 3.32. The van der Waals surface area contributed by atoms with E-state index in [0.717, 1.165) is 0 Å². The quantitative estimate of drug-likeness (QED) is 0.0340. The van der Waals surface area contributed by atoms with E-state index in [0.29, 0.717) is 25.7 Å². The van der Waals surface area contributed by atoms with Gasteiger partial charge in [0.1, 0.15) is 97.3 Å². The molecule has 0 aliphatic carbocycles. The molecular formula is C41H72N4O25. The first-order valence-corrected chi connectivity index (χ1v) is 23.0. The van der Waals surface area contributed by atoms with Crippen molar-refractivity contribution in [3.63, 3.8) is 0 Å². The molecule has 4 fully saturated rings. The van der Waals surface area contributed by atoms with E-state index in [1.165, 1.54) is 18.7 Å². The second-order valence-electron chi connectivity index (χ2n) is 17.5. The highest BCUT2D eigenvalue weighted by atomic mass is 16.8. The lowest BCUT2D eigenvalue weighted by Crippen LogP contribution is -2.65. The summed E-state index contributed by atoms with van der Waals surface area (Å²) in [7, 11) is 0. The standard InChI is InChI=1S/C41H72N4O25/c1-18(48)6-4-3-5-7-42-23(49)12-45(13-24(50)43-8-10-63-38-33(59)30(56)26(52)19(2)66-38)14-25(51)44-9-11-64-40-36(62)37(70-41-35(61)32(58)28(54)21(16-47)68-41)29(55)22(69-40)17-65-39-34(60)31(57)27(53)20(15-46)67-39/h19-22,26-41,46-47,52-62H,3-17H2,1-2H3,(H,42,49)(H,43,50)(H,44,51)/t19-,20+,21+,22+,26+,27+,28+,29+,30-,31-,32-,33-,34-,35-,36-,37-,38+,39-,40-,41+/m0/s1. The second kappa shape index (κ2) is 29.2. The van der Waals surface area contributed by atoms with E-state index >= 15 is 0 Å². The van der Waals surface area contributed by atoms with Gasteiger partial charge in [0.2, 0.25) is 17.7 Å². The molecule has 0 saturated carbocycles. The Labute approximate surface area is 402 Å². The van der Waals surface area contributed by atoms with Gasteiger partial charge >= 0.3 is 0 Å². The predicted molar refractivity (Wildman–Crippen MR) is 228 cm³/mol. The minimum Gasteiger partial charge on any atom is -0.394 e. The maximum atomic E-state index is 13.2. The molecule has 4 saturated heterocycles. The van der Waals surface area contributed by atoms with Crippen LogP contribution in [0, 0.1) is 0 Å². The van der Waals surface area contributed by atoms with Crippen LogP contribution in [0.3, 0.4) is 0 Å². The number of hydrogen-bond donors (Lipinski definition) is 16. The number of nitrogens with one attached hydrogen (secondary N) is 3. The summed E-state index contributed by atoms with van der Waals surface area (Å²) in [6.45, 7) is -1.52. The monoisotopic (exact) mass is 1020 g/mol. The number of carbonyl (C=O) groups excluding carboxylic acids is 4. The van der Waals surface area contributed by atoms with Crippen molar-refractivity contribution in [2.45, 2.75) is 162 Å². The Morgan fingerprint density at radius 1 is 0.486 bits per heavy atom. The number of amides is 3. The lowest BCUT2D eigenvalue weighted by molar-refractivity contribution is -0.366. The topological polar surface area (TPSA) is 444 Å². The SMILES string of the molecule is CC(=O)CCCCCNC(=O)CN(CC(=O)NCCO[C@@H]1O[C@@H](C)[C@@H](O)[C@H](O)[C@@H]1O)CC(=O)NCCO[C@H]1O[C@H](CO[C@H]2O[C@H](CO)[C@@H](O)[C@H](O)[C@@H]2O)[C@@H](O)[C@H](O[C@H]2O[C@H](CO)[C@@H](O)[C@H](O)[C@@H]2O)[C@@H]1O. The Kier molecular flexibility index (Phi) is 24.9. The van der Waals surface area contributed by atoms with Gasteiger partial charge in [0.15, 0.2) is 25.2 Å². The Morgan fingerprint density at radius 3 is 1.44 bits per heavy atom. The smallest absolute Gasteiger partial charge is 0.234 e. The van der Waals surface area contributed by atoms with Crippen LogP contribution in [-0.2, 0) is 57.1 Å². The Bertz CT molecular complexity index is 1610. The molecule has 70 heavy (non-hydrogen) atoms. The van der Waals surface area contributed by atoms with Crippen molar-refractivity contribution in [2.24, 2.45) is 0 Å². The molecule has 29 heteroatoms. The third-order valence-corrected chi connectivity index (χ3v) is 11.9. The number of aliphatic hydroxyl groups is 13. The highest BCUT2D eigenvalue weighted by Gasteiger charge is 2.52. The normalized spacial score (nSPS) is 38.0. The van der Waals surface area contributed by atoms with Crippen LogP contribution in [0.1, 0.15) is 39.5 Å². The molecule has 0 unspecified atom stereocenters. The van der Waals surface area contributed by atoms with Gasteiger partial charge < -0.3 is 125 Å². The summed E-state index contributed by atoms with van der Waals surface area (Å²) in [6, 6.07) is 0. The molecule has 0 aromatic rings. The first kappa shape index (κ1) is 59.8. The summed E-state index contributed by atoms with van der Waals surface area (Å²) in [5, 5.41) is 142. The first-order chi connectivity index (χ1) is 33.2. The van der Waals surface area contributed by atoms with Gasteiger partial charge in [0, 0.05) is 26.1 Å². The zero-order valence-electron chi connectivity index (χ0n) is 38.8. The molecule has 4 aliphatic rings. The number of ether oxygens (including phenoxy) is 8. The van der Waals surface area contributed by atoms with Crippen molar-refractivity contribution in [3.8, 4) is 0 Å². The number of nitrogens with zero attached hydrogens (tertiary/aromatic N) is 1. The Morgan fingerprint density at radius 2 is 0.929 bits per heavy atom. The molecule has 406 valence electrons. The highest BCUT2D eigenvalue weighted by Crippen LogP contribution is 2.31. The summed E-state index contributed by atoms with van der Waals surface area (Å²) in [5.41, 5.74) is 0. The molecule has 0 aromatic heterocycles. The summed E-state index contributed by atoms with van der Waals surface area (Å²) in [6.07, 6.45) is -30.7. The van der Waals surface area contributed by atoms with E-state index in [2.05, 4.69) is 16.0 Å². The van der Waals surface area contributed by atoms with Crippen molar-refractivity contribution in [2.75, 3.05) is 72.3 Å². The zero-order valence-corrected chi connectivity index (χ0v) is 38.8. The van der Waals surface area contributed by atoms with Crippen LogP contribution in [0.4, 0.5) is 0 Å². The molecule has 3 amide bonds. The molecule has 0 spiro atoms. The maximum Gasteiger partial charge on any atom is 0.234 e. The number of Topliss-reactive ketones (excluding diaryl/α,β-unsaturated/α-hetero) is 1. The lowest BCUT2D eigenvalue weighted by Gasteiger charge is -2.46. The number of aliphatic hydroxyl groups excluding tert-OH is 13. The van der Waals surface area contributed by atoms with Crippen LogP contribution < -0.4 is 16.0 Å². The van der Waals surface area contributed by atoms with Gasteiger partial charge in [-0.2, -0.15) is 0 Å². The summed E-state index contributed by atoms with van der Waals surface area (Å²) in [5.74, 6) is -1.82. The van der Waals surface area contributed by atoms with Gasteiger partial charge in [-0.1, -0.05) is 6.42 Å². The molecule has 4 aliphatic heterocycles. The fourth-order valence-electron chi connectivity index (χ4n) is 7.80. The molecule has 20 atom stereocenters. The van der Waals surface area contributed by atoms with Crippen molar-refractivity contribution in [3.05, 3.63) is 0 Å². The minimum absolute atomic E-state index is 0.0439. The Balaban J connectivity index is 1.36. The predicted octanol–water partition coefficient (Wildman–Crippen LogP) is -9.90. The van der Waals surface area contributed by atoms with Crippen LogP contribution in [0.5, 0.6) is 0 Å². The van der Waals surface area contributed by atoms with Crippen molar-refractivity contribution >= 4 is 23.5 Å². The van der Waals surface area contributed by atoms with E-state index in [-0.39, 0.29) is 32.0 Å². The maximum absolute atomic E-state index is 13.2. The summed E-state index contributed by atoms with van der Waals surface area (Å²) >= 11 is 0. The molecule has 4 heterocycles. The van der Waals surface area contributed by atoms with Crippen LogP contribution in [0.25, 0.3) is 0 Å². The third-order valence-electron chi connectivity index (χ3n) is 11.9. The zero-order chi connectivity index (χ0) is 51.8. The van der Waals surface area contributed by atoms with E-state index in [1.54, 1.807) is 0 Å². The van der Waals surface area contributed by atoms with Gasteiger partial charge in [-0.05, 0) is 26.7 Å². The number of hydrogen-bond acceptors (Lipinski definition) is 26. The Hall–Kier alpha value is -2.80. The van der Waals surface area contributed by atoms with E-state index < -0.39 is 187 Å². The molecule has 0 aromatic carbocycles. The van der Waals surface area contributed by atoms with Crippen molar-refractivity contribution < 1.29 is 123 Å². The van der Waals surface area contributed by atoms with Gasteiger partial charge in [0.05, 0.1) is 58.8 Å². The largest absolute Gasteiger partial charge is 0.394 e. The van der Waals surface area contributed by atoms with Crippen LogP contribution in [0.15, 0.2) is 0 Å². The van der Waals surface area contributed by atoms with Crippen molar-refractivity contribution in [1.82, 2.24) is 20.9 Å². The molecule has 29 nitrogen and oxygen atoms in total. The average molecular weight is 1020 g/mol. The van der Waals surface area contributed by atoms with Gasteiger partial charge in [-0.15, -0.1) is 0 Å². The minimum atomic E-state index is -1.97. The fraction of sp³-hybridized carbons (Fsp3) is 0.902. The highest BCUT2D eigenvalue weighted by molar-refractivity contribution is 5.84. The summed E-state index contributed by atoms with van der Waals surface area (Å²) < 4.78 is 44.2. The number of carbonyl (C=O) groups is 4. The van der Waals surface area contributed by atoms with Crippen molar-refractivity contribution in [1.29, 1.82) is 0 Å². The number of ketones is 1. The third kappa shape index (κ3) is 17.1. The molecule has 0 bridgehead atoms. The molecule has 16 N–H and O–H groups in total. The second-order valence-corrected chi connectivity index (χ2v) is 17.5. The van der Waals surface area contributed by atoms with Gasteiger partial charge in [-0.3, -0.25) is 19.3 Å². The van der Waals surface area contributed by atoms with E-state index in [1.807, 2.05) is 0 Å². The fourth-order valence-corrected chi connectivity index (χ4v) is 7.80. The van der Waals surface area contributed by atoms with E-state index in [4.69, 9.17) is 37.9 Å². The summed E-state index contributed by atoms with van der Waals surface area (Å²) in [4.78, 5) is 51.5. The number of unbranched alkanes of at least 4 members (excludes halogenated alkanes) is 2. The first-order valence-electron chi connectivity index (χ1n) is 23.0. The molecule has 4 rings (SSSR count). The van der Waals surface area contributed by atoms with E-state index in [9.17, 15) is 85.6 Å². The molecule has 0 radical (unpaired) electrons.